The Bertz CT molecular complexity index is 1580. The number of hydrogen-bond donors (Lipinski definition) is 2. The number of nitrogens with zero attached hydrogens (tertiary/aromatic N) is 2. The van der Waals surface area contributed by atoms with Crippen molar-refractivity contribution in [1.82, 2.24) is 14.5 Å². The van der Waals surface area contributed by atoms with Crippen LogP contribution in [-0.2, 0) is 25.8 Å². The van der Waals surface area contributed by atoms with Crippen LogP contribution < -0.4 is 11.3 Å². The summed E-state index contributed by atoms with van der Waals surface area (Å²) in [5, 5.41) is 1.07. The maximum atomic E-state index is 13.5. The lowest BCUT2D eigenvalue weighted by atomic mass is 10.0. The largest absolute Gasteiger partial charge is 0.344 e. The van der Waals surface area contributed by atoms with E-state index in [0.717, 1.165) is 71.8 Å². The highest BCUT2D eigenvalue weighted by molar-refractivity contribution is 5.98. The van der Waals surface area contributed by atoms with Crippen molar-refractivity contribution in [3.63, 3.8) is 0 Å². The molecule has 3 aromatic carbocycles. The fourth-order valence-corrected chi connectivity index (χ4v) is 5.59. The van der Waals surface area contributed by atoms with Crippen molar-refractivity contribution in [3.05, 3.63) is 99.5 Å². The van der Waals surface area contributed by atoms with Crippen LogP contribution in [0.25, 0.3) is 33.2 Å². The van der Waals surface area contributed by atoms with Crippen LogP contribution in [0.15, 0.2) is 71.5 Å². The molecule has 5 heteroatoms. The number of para-hydroxylation sites is 1. The Balaban J connectivity index is 1.60. The Morgan fingerprint density at radius 3 is 2.54 bits per heavy atom. The van der Waals surface area contributed by atoms with Gasteiger partial charge in [-0.25, -0.2) is 4.98 Å². The molecular weight excluding hydrogens is 432 g/mol. The normalized spacial score (nSPS) is 13.1. The summed E-state index contributed by atoms with van der Waals surface area (Å²) in [4.78, 5) is 21.7. The van der Waals surface area contributed by atoms with Gasteiger partial charge in [-0.2, -0.15) is 0 Å². The summed E-state index contributed by atoms with van der Waals surface area (Å²) < 4.78 is 2.38. The van der Waals surface area contributed by atoms with Crippen molar-refractivity contribution in [3.8, 4) is 11.3 Å². The van der Waals surface area contributed by atoms with Crippen LogP contribution in [0, 0.1) is 0 Å². The summed E-state index contributed by atoms with van der Waals surface area (Å²) in [6.45, 7) is 1.54. The van der Waals surface area contributed by atoms with Crippen molar-refractivity contribution in [1.29, 1.82) is 0 Å². The second-order valence-corrected chi connectivity index (χ2v) is 9.55. The van der Waals surface area contributed by atoms with Crippen LogP contribution in [-0.4, -0.2) is 21.1 Å². The topological polar surface area (TPSA) is 76.7 Å². The van der Waals surface area contributed by atoms with Gasteiger partial charge >= 0.3 is 0 Å². The first-order valence-electron chi connectivity index (χ1n) is 12.6. The third-order valence-electron chi connectivity index (χ3n) is 7.27. The molecule has 5 aromatic rings. The first-order chi connectivity index (χ1) is 17.2. The number of unbranched alkanes of at least 4 members (excludes halogenated alkanes) is 1. The molecular formula is C30H30N4O. The van der Waals surface area contributed by atoms with Gasteiger partial charge in [0.15, 0.2) is 0 Å². The van der Waals surface area contributed by atoms with E-state index in [9.17, 15) is 4.79 Å². The molecule has 0 unspecified atom stereocenters. The second kappa shape index (κ2) is 9.16. The lowest BCUT2D eigenvalue weighted by Crippen LogP contribution is -2.14. The molecule has 0 bridgehead atoms. The summed E-state index contributed by atoms with van der Waals surface area (Å²) >= 11 is 0. The highest BCUT2D eigenvalue weighted by Crippen LogP contribution is 2.35. The fraction of sp³-hybridized carbons (Fsp3) is 0.267. The second-order valence-electron chi connectivity index (χ2n) is 9.55. The molecule has 2 aromatic heterocycles. The highest BCUT2D eigenvalue weighted by Gasteiger charge is 2.23. The average molecular weight is 463 g/mol. The first-order valence-corrected chi connectivity index (χ1v) is 12.6. The van der Waals surface area contributed by atoms with Crippen molar-refractivity contribution >= 4 is 21.9 Å². The lowest BCUT2D eigenvalue weighted by molar-refractivity contribution is 0.615. The number of hydrogen-bond acceptors (Lipinski definition) is 3. The van der Waals surface area contributed by atoms with E-state index >= 15 is 0 Å². The van der Waals surface area contributed by atoms with Crippen LogP contribution in [0.1, 0.15) is 41.6 Å². The quantitative estimate of drug-likeness (QED) is 0.320. The zero-order valence-corrected chi connectivity index (χ0v) is 19.9. The predicted octanol–water partition coefficient (Wildman–Crippen LogP) is 5.36. The molecule has 0 radical (unpaired) electrons. The van der Waals surface area contributed by atoms with Gasteiger partial charge in [-0.1, -0.05) is 48.5 Å². The summed E-state index contributed by atoms with van der Waals surface area (Å²) in [7, 11) is 0. The van der Waals surface area contributed by atoms with Crippen LogP contribution in [0.2, 0.25) is 0 Å². The number of aryl methyl sites for hydroxylation is 3. The fourth-order valence-electron chi connectivity index (χ4n) is 5.59. The predicted molar refractivity (Wildman–Crippen MR) is 143 cm³/mol. The van der Waals surface area contributed by atoms with Gasteiger partial charge < -0.3 is 15.3 Å². The zero-order valence-electron chi connectivity index (χ0n) is 19.9. The molecule has 2 heterocycles. The minimum Gasteiger partial charge on any atom is -0.344 e. The van der Waals surface area contributed by atoms with E-state index < -0.39 is 0 Å². The standard InChI is InChI=1S/C30H30N4O/c31-15-6-7-16-34-26-14-5-4-13-23(26)28(27(34)17-20-9-2-1-3-10-20)29-30(35)33-25-19-22-12-8-11-21(22)18-24(25)32-29/h1-5,9-10,13-14,18-19H,6-8,11-12,15-17,31H2,(H,33,35). The molecule has 0 saturated carbocycles. The van der Waals surface area contributed by atoms with E-state index in [1.165, 1.54) is 23.1 Å². The number of nitrogens with two attached hydrogens (primary N) is 1. The number of H-pyrrole nitrogens is 1. The molecule has 176 valence electrons. The van der Waals surface area contributed by atoms with Gasteiger partial charge in [0.2, 0.25) is 0 Å². The van der Waals surface area contributed by atoms with Crippen LogP contribution in [0.5, 0.6) is 0 Å². The molecule has 1 aliphatic carbocycles. The van der Waals surface area contributed by atoms with Crippen LogP contribution >= 0.6 is 0 Å². The SMILES string of the molecule is NCCCCn1c(Cc2ccccc2)c(-c2nc3cc4c(cc3[nH]c2=O)CCC4)c2ccccc21. The molecule has 6 rings (SSSR count). The lowest BCUT2D eigenvalue weighted by Gasteiger charge is -2.13. The molecule has 35 heavy (non-hydrogen) atoms. The molecule has 5 nitrogen and oxygen atoms in total. The number of fused-ring (bicyclic) bond motifs is 3. The summed E-state index contributed by atoms with van der Waals surface area (Å²) in [5.41, 5.74) is 15.0. The van der Waals surface area contributed by atoms with Gasteiger partial charge in [-0.15, -0.1) is 0 Å². The van der Waals surface area contributed by atoms with Crippen molar-refractivity contribution < 1.29 is 0 Å². The summed E-state index contributed by atoms with van der Waals surface area (Å²) in [5.74, 6) is 0. The highest BCUT2D eigenvalue weighted by atomic mass is 16.1. The zero-order chi connectivity index (χ0) is 23.8. The van der Waals surface area contributed by atoms with Crippen molar-refractivity contribution in [2.24, 2.45) is 5.73 Å². The Morgan fingerprint density at radius 2 is 1.71 bits per heavy atom. The Hall–Kier alpha value is -3.70. The number of aromatic nitrogens is 3. The molecule has 0 atom stereocenters. The average Bonchev–Trinajstić information content (AvgIpc) is 3.45. The maximum Gasteiger partial charge on any atom is 0.275 e. The third kappa shape index (κ3) is 3.96. The number of aromatic amines is 1. The summed E-state index contributed by atoms with van der Waals surface area (Å²) in [6.07, 6.45) is 6.02. The van der Waals surface area contributed by atoms with Crippen molar-refractivity contribution in [2.75, 3.05) is 6.54 Å². The molecule has 1 aliphatic rings. The Kier molecular flexibility index (Phi) is 5.71. The third-order valence-corrected chi connectivity index (χ3v) is 7.27. The smallest absolute Gasteiger partial charge is 0.275 e. The van der Waals surface area contributed by atoms with E-state index in [0.29, 0.717) is 12.2 Å². The van der Waals surface area contributed by atoms with Gasteiger partial charge in [-0.3, -0.25) is 4.79 Å². The number of benzene rings is 3. The molecule has 0 amide bonds. The van der Waals surface area contributed by atoms with Gasteiger partial charge in [0, 0.05) is 35.1 Å². The van der Waals surface area contributed by atoms with Crippen molar-refractivity contribution in [2.45, 2.75) is 45.1 Å². The van der Waals surface area contributed by atoms with Gasteiger partial charge in [0.05, 0.1) is 11.0 Å². The number of nitrogens with one attached hydrogen (secondary N) is 1. The maximum absolute atomic E-state index is 13.5. The van der Waals surface area contributed by atoms with Gasteiger partial charge in [-0.05, 0) is 73.5 Å². The molecule has 0 aliphatic heterocycles. The Morgan fingerprint density at radius 1 is 0.943 bits per heavy atom. The summed E-state index contributed by atoms with van der Waals surface area (Å²) in [6, 6.07) is 23.1. The van der Waals surface area contributed by atoms with E-state index in [-0.39, 0.29) is 5.56 Å². The Labute approximate surface area is 204 Å². The molecule has 0 fully saturated rings. The minimum absolute atomic E-state index is 0.130. The first kappa shape index (κ1) is 21.8. The minimum atomic E-state index is -0.130. The molecule has 3 N–H and O–H groups in total. The molecule has 0 spiro atoms. The van der Waals surface area contributed by atoms with E-state index in [2.05, 4.69) is 64.1 Å². The monoisotopic (exact) mass is 462 g/mol. The van der Waals surface area contributed by atoms with Gasteiger partial charge in [0.1, 0.15) is 5.69 Å². The molecule has 0 saturated heterocycles. The van der Waals surface area contributed by atoms with E-state index in [4.69, 9.17) is 10.7 Å². The number of rotatable bonds is 7. The van der Waals surface area contributed by atoms with Crippen LogP contribution in [0.3, 0.4) is 0 Å². The van der Waals surface area contributed by atoms with E-state index in [1.54, 1.807) is 0 Å². The van der Waals surface area contributed by atoms with E-state index in [1.807, 2.05) is 12.1 Å². The van der Waals surface area contributed by atoms with Gasteiger partial charge in [0.25, 0.3) is 5.56 Å². The van der Waals surface area contributed by atoms with Crippen LogP contribution in [0.4, 0.5) is 0 Å².